The van der Waals surface area contributed by atoms with Gasteiger partial charge >= 0.3 is 11.5 Å². The molecule has 192 valence electrons. The van der Waals surface area contributed by atoms with E-state index in [1.54, 1.807) is 43.3 Å². The van der Waals surface area contributed by atoms with E-state index in [0.29, 0.717) is 16.9 Å². The van der Waals surface area contributed by atoms with Crippen LogP contribution in [0.2, 0.25) is 0 Å². The van der Waals surface area contributed by atoms with Crippen molar-refractivity contribution >= 4 is 41.1 Å². The van der Waals surface area contributed by atoms with E-state index in [1.807, 2.05) is 0 Å². The van der Waals surface area contributed by atoms with Gasteiger partial charge in [0.05, 0.1) is 12.8 Å². The zero-order valence-electron chi connectivity index (χ0n) is 19.7. The first kappa shape index (κ1) is 26.0. The van der Waals surface area contributed by atoms with Gasteiger partial charge < -0.3 is 15.0 Å². The summed E-state index contributed by atoms with van der Waals surface area (Å²) in [5.41, 5.74) is -3.24. The Morgan fingerprint density at radius 2 is 1.76 bits per heavy atom. The number of alkyl halides is 3. The van der Waals surface area contributed by atoms with Gasteiger partial charge in [0.1, 0.15) is 17.6 Å². The molecule has 1 aliphatic rings. The van der Waals surface area contributed by atoms with Crippen molar-refractivity contribution < 1.29 is 32.3 Å². The van der Waals surface area contributed by atoms with Gasteiger partial charge in [-0.15, -0.1) is 0 Å². The second-order valence-corrected chi connectivity index (χ2v) is 9.17. The number of imide groups is 1. The van der Waals surface area contributed by atoms with Crippen molar-refractivity contribution in [3.63, 3.8) is 0 Å². The zero-order valence-corrected chi connectivity index (χ0v) is 20.5. The minimum absolute atomic E-state index is 0.0537. The van der Waals surface area contributed by atoms with Crippen molar-refractivity contribution in [2.24, 2.45) is 0 Å². The Morgan fingerprint density at radius 1 is 1.08 bits per heavy atom. The number of nitrogens with one attached hydrogen (secondary N) is 1. The van der Waals surface area contributed by atoms with E-state index in [4.69, 9.17) is 4.74 Å². The molecule has 0 spiro atoms. The van der Waals surface area contributed by atoms with E-state index in [-0.39, 0.29) is 40.6 Å². The van der Waals surface area contributed by atoms with Gasteiger partial charge in [0.15, 0.2) is 0 Å². The van der Waals surface area contributed by atoms with Gasteiger partial charge in [0.25, 0.3) is 11.8 Å². The number of nitrogens with zero attached hydrogens (tertiary/aromatic N) is 3. The highest BCUT2D eigenvalue weighted by molar-refractivity contribution is 8.00. The first-order valence-electron chi connectivity index (χ1n) is 11.0. The number of carbonyl (C=O) groups excluding carboxylic acids is 3. The van der Waals surface area contributed by atoms with Crippen LogP contribution in [0.15, 0.2) is 71.8 Å². The standard InChI is InChI=1S/C25H21F3N4O4S/c1-15-23(34)32(18-5-9-20(10-6-18)37-25(26,27)28)24(35)31(15)14-16-11-12-29-21(13-16)30-22(33)17-3-7-19(36-2)8-4-17/h3-13,15H,14H2,1-2H3,(H,29,30,33). The van der Waals surface area contributed by atoms with E-state index in [0.717, 1.165) is 4.90 Å². The predicted octanol–water partition coefficient (Wildman–Crippen LogP) is 5.31. The van der Waals surface area contributed by atoms with Crippen LogP contribution in [0.4, 0.5) is 29.5 Å². The summed E-state index contributed by atoms with van der Waals surface area (Å²) >= 11 is -0.278. The van der Waals surface area contributed by atoms with E-state index >= 15 is 0 Å². The summed E-state index contributed by atoms with van der Waals surface area (Å²) in [5, 5.41) is 2.69. The number of aromatic nitrogens is 1. The molecule has 2 heterocycles. The van der Waals surface area contributed by atoms with Crippen LogP contribution in [-0.2, 0) is 11.3 Å². The number of benzene rings is 2. The molecule has 1 aliphatic heterocycles. The van der Waals surface area contributed by atoms with Crippen molar-refractivity contribution in [2.45, 2.75) is 29.9 Å². The molecule has 0 aliphatic carbocycles. The topological polar surface area (TPSA) is 91.8 Å². The summed E-state index contributed by atoms with van der Waals surface area (Å²) in [6, 6.07) is 13.4. The lowest BCUT2D eigenvalue weighted by atomic mass is 10.2. The van der Waals surface area contributed by atoms with Crippen molar-refractivity contribution in [1.82, 2.24) is 9.88 Å². The van der Waals surface area contributed by atoms with Gasteiger partial charge in [-0.2, -0.15) is 13.2 Å². The Balaban J connectivity index is 1.46. The maximum atomic E-state index is 13.1. The molecular formula is C25H21F3N4O4S. The van der Waals surface area contributed by atoms with Crippen molar-refractivity contribution in [1.29, 1.82) is 0 Å². The third-order valence-corrected chi connectivity index (χ3v) is 6.32. The highest BCUT2D eigenvalue weighted by Gasteiger charge is 2.43. The van der Waals surface area contributed by atoms with Crippen molar-refractivity contribution in [3.8, 4) is 5.75 Å². The Hall–Kier alpha value is -4.06. The van der Waals surface area contributed by atoms with Crippen LogP contribution in [0.5, 0.6) is 5.75 Å². The average Bonchev–Trinajstić information content (AvgIpc) is 3.07. The van der Waals surface area contributed by atoms with E-state index in [1.165, 1.54) is 42.5 Å². The van der Waals surface area contributed by atoms with Gasteiger partial charge in [0, 0.05) is 23.2 Å². The Morgan fingerprint density at radius 3 is 2.38 bits per heavy atom. The summed E-state index contributed by atoms with van der Waals surface area (Å²) in [5.74, 6) is -0.00549. The number of pyridine rings is 1. The largest absolute Gasteiger partial charge is 0.497 e. The summed E-state index contributed by atoms with van der Waals surface area (Å²) in [6.07, 6.45) is 1.47. The summed E-state index contributed by atoms with van der Waals surface area (Å²) in [6.45, 7) is 1.62. The highest BCUT2D eigenvalue weighted by Crippen LogP contribution is 2.38. The van der Waals surface area contributed by atoms with Gasteiger partial charge in [-0.3, -0.25) is 9.59 Å². The third kappa shape index (κ3) is 6.02. The van der Waals surface area contributed by atoms with Crippen LogP contribution in [0.3, 0.4) is 0 Å². The number of methoxy groups -OCH3 is 1. The molecule has 37 heavy (non-hydrogen) atoms. The third-order valence-electron chi connectivity index (χ3n) is 5.58. The SMILES string of the molecule is COc1ccc(C(=O)Nc2cc(CN3C(=O)N(c4ccc(SC(F)(F)F)cc4)C(=O)C3C)ccn2)cc1. The molecule has 3 aromatic rings. The Bertz CT molecular complexity index is 1320. The first-order chi connectivity index (χ1) is 17.6. The van der Waals surface area contributed by atoms with Crippen LogP contribution in [0, 0.1) is 0 Å². The number of thioether (sulfide) groups is 1. The number of hydrogen-bond acceptors (Lipinski definition) is 6. The van der Waals surface area contributed by atoms with Crippen LogP contribution in [0.1, 0.15) is 22.8 Å². The summed E-state index contributed by atoms with van der Waals surface area (Å²) < 4.78 is 42.9. The van der Waals surface area contributed by atoms with Crippen LogP contribution in [-0.4, -0.2) is 46.4 Å². The van der Waals surface area contributed by atoms with Gasteiger partial charge in [-0.1, -0.05) is 0 Å². The predicted molar refractivity (Wildman–Crippen MR) is 131 cm³/mol. The summed E-state index contributed by atoms with van der Waals surface area (Å²) in [7, 11) is 1.52. The lowest BCUT2D eigenvalue weighted by Crippen LogP contribution is -2.33. The van der Waals surface area contributed by atoms with Crippen molar-refractivity contribution in [3.05, 3.63) is 78.0 Å². The number of urea groups is 1. The number of anilines is 2. The fourth-order valence-corrected chi connectivity index (χ4v) is 4.26. The fourth-order valence-electron chi connectivity index (χ4n) is 3.72. The number of amides is 4. The number of carbonyl (C=O) groups is 3. The first-order valence-corrected chi connectivity index (χ1v) is 11.8. The molecule has 2 aromatic carbocycles. The molecule has 4 rings (SSSR count). The molecule has 1 N–H and O–H groups in total. The van der Waals surface area contributed by atoms with Gasteiger partial charge in [-0.05, 0) is 84.9 Å². The molecule has 1 aromatic heterocycles. The van der Waals surface area contributed by atoms with E-state index < -0.39 is 23.5 Å². The smallest absolute Gasteiger partial charge is 0.446 e. The van der Waals surface area contributed by atoms with Gasteiger partial charge in [0.2, 0.25) is 0 Å². The molecule has 1 unspecified atom stereocenters. The quantitative estimate of drug-likeness (QED) is 0.329. The number of rotatable bonds is 7. The maximum Gasteiger partial charge on any atom is 0.446 e. The van der Waals surface area contributed by atoms with Gasteiger partial charge in [-0.25, -0.2) is 14.7 Å². The fraction of sp³-hybridized carbons (Fsp3) is 0.200. The average molecular weight is 531 g/mol. The van der Waals surface area contributed by atoms with Crippen LogP contribution >= 0.6 is 11.8 Å². The lowest BCUT2D eigenvalue weighted by Gasteiger charge is -2.20. The molecule has 4 amide bonds. The molecule has 0 bridgehead atoms. The molecule has 1 saturated heterocycles. The number of ether oxygens (including phenoxy) is 1. The highest BCUT2D eigenvalue weighted by atomic mass is 32.2. The molecular weight excluding hydrogens is 509 g/mol. The number of halogens is 3. The Kier molecular flexibility index (Phi) is 7.39. The maximum absolute atomic E-state index is 13.1. The normalized spacial score (nSPS) is 15.8. The summed E-state index contributed by atoms with van der Waals surface area (Å²) in [4.78, 5) is 44.9. The molecule has 1 fully saturated rings. The minimum atomic E-state index is -4.44. The minimum Gasteiger partial charge on any atom is -0.497 e. The second kappa shape index (κ2) is 10.5. The number of hydrogen-bond donors (Lipinski definition) is 1. The van der Waals surface area contributed by atoms with E-state index in [2.05, 4.69) is 10.3 Å². The molecule has 8 nitrogen and oxygen atoms in total. The molecule has 1 atom stereocenters. The molecule has 0 radical (unpaired) electrons. The van der Waals surface area contributed by atoms with Crippen molar-refractivity contribution in [2.75, 3.05) is 17.3 Å². The molecule has 12 heteroatoms. The lowest BCUT2D eigenvalue weighted by molar-refractivity contribution is -0.119. The van der Waals surface area contributed by atoms with E-state index in [9.17, 15) is 27.6 Å². The van der Waals surface area contributed by atoms with Crippen LogP contribution in [0.25, 0.3) is 0 Å². The van der Waals surface area contributed by atoms with Crippen LogP contribution < -0.4 is 15.0 Å². The molecule has 0 saturated carbocycles. The zero-order chi connectivity index (χ0) is 26.7. The second-order valence-electron chi connectivity index (χ2n) is 8.03. The Labute approximate surface area is 214 Å². The monoisotopic (exact) mass is 530 g/mol.